The third-order valence-electron chi connectivity index (χ3n) is 2.57. The molecule has 0 heterocycles. The molecule has 0 aromatic carbocycles. The van der Waals surface area contributed by atoms with Crippen molar-refractivity contribution < 1.29 is 211 Å². The molecule has 0 rings (SSSR count). The Balaban J connectivity index is -0.0000000324. The van der Waals surface area contributed by atoms with Gasteiger partial charge in [0, 0.05) is 0 Å². The molecule has 35 heavy (non-hydrogen) atoms. The molecule has 0 aromatic heterocycles. The van der Waals surface area contributed by atoms with Gasteiger partial charge in [0.2, 0.25) is 0 Å². The van der Waals surface area contributed by atoms with E-state index in [1.807, 2.05) is 0 Å². The molecule has 0 spiro atoms. The molecule has 0 aliphatic carbocycles. The summed E-state index contributed by atoms with van der Waals surface area (Å²) >= 11 is 0. The van der Waals surface area contributed by atoms with Crippen LogP contribution in [-0.2, 0) is 39.2 Å². The third kappa shape index (κ3) is 34.6. The summed E-state index contributed by atoms with van der Waals surface area (Å²) < 4.78 is 31.6. The molecule has 188 valence electrons. The summed E-state index contributed by atoms with van der Waals surface area (Å²) in [4.78, 5) is 61.0. The fraction of sp³-hybridized carbons (Fsp3) is 0.500. The van der Waals surface area contributed by atoms with Crippen LogP contribution in [0.4, 0.5) is 0 Å². The molecule has 0 bridgehead atoms. The standard InChI is InChI=1S/2C6H8O7.4Na.H2O4S.4H/c2*7-3(8)1-6(13,5(11)12)2-4(9)10;;;;;1-5(2,3)4;;;;/h2*13H,1-2H2,(H,7,8)(H,9,10)(H,11,12);;;;;(H2,1,2,3,4);;;;/q;;4*+1;;4*-1. The number of aliphatic carboxylic acids is 6. The molecule has 10 N–H and O–H groups in total. The Morgan fingerprint density at radius 2 is 0.629 bits per heavy atom. The fourth-order valence-corrected chi connectivity index (χ4v) is 1.43. The zero-order valence-electron chi connectivity index (χ0n) is 23.0. The maximum absolute atomic E-state index is 10.3. The van der Waals surface area contributed by atoms with Crippen LogP contribution in [0, 0.1) is 0 Å². The predicted molar refractivity (Wildman–Crippen MR) is 92.8 cm³/mol. The van der Waals surface area contributed by atoms with Crippen molar-refractivity contribution in [2.45, 2.75) is 36.9 Å². The van der Waals surface area contributed by atoms with Gasteiger partial charge in [0.05, 0.1) is 25.7 Å². The molecule has 0 atom stereocenters. The Kier molecular flexibility index (Phi) is 35.3. The fourth-order valence-electron chi connectivity index (χ4n) is 1.43. The minimum atomic E-state index is -4.67. The summed E-state index contributed by atoms with van der Waals surface area (Å²) in [6, 6.07) is 0. The average molecular weight is 578 g/mol. The summed E-state index contributed by atoms with van der Waals surface area (Å²) in [5.74, 6) is -10.0. The van der Waals surface area contributed by atoms with Crippen molar-refractivity contribution in [1.82, 2.24) is 0 Å². The topological polar surface area (TPSA) is 339 Å². The van der Waals surface area contributed by atoms with Crippen molar-refractivity contribution in [2.24, 2.45) is 0 Å². The van der Waals surface area contributed by atoms with Gasteiger partial charge < -0.3 is 46.6 Å². The summed E-state index contributed by atoms with van der Waals surface area (Å²) in [5.41, 5.74) is -5.48. The smallest absolute Gasteiger partial charge is 1.00 e. The molecule has 0 saturated heterocycles. The van der Waals surface area contributed by atoms with Gasteiger partial charge in [-0.25, -0.2) is 9.59 Å². The second-order valence-electron chi connectivity index (χ2n) is 5.40. The number of hydrogen-bond donors (Lipinski definition) is 10. The van der Waals surface area contributed by atoms with E-state index in [2.05, 4.69) is 0 Å². The quantitative estimate of drug-likeness (QED) is 0.0849. The average Bonchev–Trinajstić information content (AvgIpc) is 2.41. The zero-order valence-corrected chi connectivity index (χ0v) is 27.8. The zero-order chi connectivity index (χ0) is 25.8. The molecule has 0 radical (unpaired) electrons. The third-order valence-corrected chi connectivity index (χ3v) is 2.57. The number of carboxylic acids is 6. The molecule has 0 fully saturated rings. The molecule has 0 aromatic rings. The number of hydrogen-bond acceptors (Lipinski definition) is 10. The molecule has 18 nitrogen and oxygen atoms in total. The minimum absolute atomic E-state index is 0. The van der Waals surface area contributed by atoms with Gasteiger partial charge in [0.25, 0.3) is 0 Å². The minimum Gasteiger partial charge on any atom is -1.00 e. The van der Waals surface area contributed by atoms with Gasteiger partial charge in [-0.15, -0.1) is 0 Å². The Bertz CT molecular complexity index is 739. The first kappa shape index (κ1) is 52.1. The van der Waals surface area contributed by atoms with E-state index < -0.39 is 83.1 Å². The van der Waals surface area contributed by atoms with Crippen molar-refractivity contribution in [2.75, 3.05) is 0 Å². The summed E-state index contributed by atoms with van der Waals surface area (Å²) in [5, 5.41) is 67.6. The van der Waals surface area contributed by atoms with Crippen LogP contribution < -0.4 is 118 Å². The Morgan fingerprint density at radius 3 is 0.686 bits per heavy atom. The SMILES string of the molecule is O=C(O)CC(O)(CC(=O)O)C(=O)O.O=C(O)CC(O)(CC(=O)O)C(=O)O.O=S(=O)(O)O.[H-].[H-].[H-].[H-].[Na+].[Na+].[Na+].[Na+]. The number of carbonyl (C=O) groups is 6. The van der Waals surface area contributed by atoms with Gasteiger partial charge >= 0.3 is 164 Å². The van der Waals surface area contributed by atoms with Crippen molar-refractivity contribution in [3.8, 4) is 0 Å². The van der Waals surface area contributed by atoms with Crippen LogP contribution in [0.5, 0.6) is 0 Å². The van der Waals surface area contributed by atoms with Gasteiger partial charge in [-0.3, -0.25) is 28.3 Å². The second kappa shape index (κ2) is 23.7. The van der Waals surface area contributed by atoms with Gasteiger partial charge in [-0.05, 0) is 0 Å². The van der Waals surface area contributed by atoms with E-state index >= 15 is 0 Å². The Labute approximate surface area is 290 Å². The maximum atomic E-state index is 10.3. The molecular formula is C12H22Na4O18S. The van der Waals surface area contributed by atoms with E-state index in [4.69, 9.17) is 58.4 Å². The Morgan fingerprint density at radius 1 is 0.514 bits per heavy atom. The Hall–Kier alpha value is 0.610. The molecular weight excluding hydrogens is 556 g/mol. The predicted octanol–water partition coefficient (Wildman–Crippen LogP) is -14.7. The van der Waals surface area contributed by atoms with Crippen molar-refractivity contribution in [3.63, 3.8) is 0 Å². The monoisotopic (exact) mass is 578 g/mol. The first-order valence-corrected chi connectivity index (χ1v) is 8.44. The molecule has 0 aliphatic heterocycles. The normalized spacial score (nSPS) is 9.71. The summed E-state index contributed by atoms with van der Waals surface area (Å²) in [7, 11) is -4.67. The van der Waals surface area contributed by atoms with Crippen LogP contribution in [0.2, 0.25) is 0 Å². The van der Waals surface area contributed by atoms with Crippen LogP contribution in [0.15, 0.2) is 0 Å². The van der Waals surface area contributed by atoms with Gasteiger partial charge in [0.15, 0.2) is 11.2 Å². The number of rotatable bonds is 10. The van der Waals surface area contributed by atoms with Crippen LogP contribution >= 0.6 is 0 Å². The number of carboxylic acid groups (broad SMARTS) is 6. The summed E-state index contributed by atoms with van der Waals surface area (Å²) in [6.07, 6.45) is -4.58. The van der Waals surface area contributed by atoms with Crippen LogP contribution in [-0.4, -0.2) is 105 Å². The van der Waals surface area contributed by atoms with E-state index in [1.54, 1.807) is 0 Å². The molecule has 0 unspecified atom stereocenters. The van der Waals surface area contributed by atoms with Gasteiger partial charge in [-0.1, -0.05) is 0 Å². The van der Waals surface area contributed by atoms with Crippen LogP contribution in [0.3, 0.4) is 0 Å². The van der Waals surface area contributed by atoms with E-state index in [0.29, 0.717) is 0 Å². The van der Waals surface area contributed by atoms with E-state index in [9.17, 15) is 28.8 Å². The van der Waals surface area contributed by atoms with E-state index in [-0.39, 0.29) is 124 Å². The molecule has 0 saturated carbocycles. The van der Waals surface area contributed by atoms with Gasteiger partial charge in [-0.2, -0.15) is 8.42 Å². The maximum Gasteiger partial charge on any atom is 1.00 e. The van der Waals surface area contributed by atoms with Crippen LogP contribution in [0.25, 0.3) is 0 Å². The molecule has 0 aliphatic rings. The van der Waals surface area contributed by atoms with Crippen LogP contribution in [0.1, 0.15) is 31.4 Å². The van der Waals surface area contributed by atoms with Crippen molar-refractivity contribution in [1.29, 1.82) is 0 Å². The number of aliphatic hydroxyl groups is 2. The first-order chi connectivity index (χ1) is 13.6. The van der Waals surface area contributed by atoms with Crippen molar-refractivity contribution in [3.05, 3.63) is 0 Å². The largest absolute Gasteiger partial charge is 1.00 e. The van der Waals surface area contributed by atoms with Gasteiger partial charge in [0.1, 0.15) is 0 Å². The van der Waals surface area contributed by atoms with E-state index in [0.717, 1.165) is 0 Å². The second-order valence-corrected chi connectivity index (χ2v) is 6.30. The van der Waals surface area contributed by atoms with E-state index in [1.165, 1.54) is 0 Å². The summed E-state index contributed by atoms with van der Waals surface area (Å²) in [6.45, 7) is 0. The molecule has 0 amide bonds. The van der Waals surface area contributed by atoms with Crippen molar-refractivity contribution >= 4 is 46.2 Å². The first-order valence-electron chi connectivity index (χ1n) is 7.04. The molecule has 23 heteroatoms.